The van der Waals surface area contributed by atoms with Gasteiger partial charge in [-0.1, -0.05) is 26.7 Å². The average molecular weight is 359 g/mol. The molecule has 3 aliphatic carbocycles. The Balaban J connectivity index is 1.53. The first kappa shape index (κ1) is 19.5. The predicted molar refractivity (Wildman–Crippen MR) is 95.8 cm³/mol. The van der Waals surface area contributed by atoms with Crippen molar-refractivity contribution in [3.8, 4) is 0 Å². The first-order chi connectivity index (χ1) is 12.0. The molecule has 4 unspecified atom stereocenters. The minimum Gasteiger partial charge on any atom is -0.252 e. The van der Waals surface area contributed by atoms with Crippen LogP contribution in [0.25, 0.3) is 0 Å². The highest BCUT2D eigenvalue weighted by Gasteiger charge is 2.46. The molecule has 3 saturated carbocycles. The van der Waals surface area contributed by atoms with E-state index in [1.54, 1.807) is 6.92 Å². The SMILES string of the molecule is CC1CCC(C2CCC(C(OO)C3CC[C@@H](C)C(F)C3F)CC2)CC1. The van der Waals surface area contributed by atoms with Crippen molar-refractivity contribution in [2.75, 3.05) is 0 Å². The van der Waals surface area contributed by atoms with E-state index in [1.807, 2.05) is 0 Å². The molecule has 0 aromatic rings. The molecule has 0 aliphatic heterocycles. The molecule has 0 amide bonds. The highest BCUT2D eigenvalue weighted by atomic mass is 19.2. The first-order valence-corrected chi connectivity index (χ1v) is 10.6. The van der Waals surface area contributed by atoms with Crippen molar-refractivity contribution in [2.45, 2.75) is 96.5 Å². The summed E-state index contributed by atoms with van der Waals surface area (Å²) in [6.45, 7) is 4.13. The Kier molecular flexibility index (Phi) is 6.76. The summed E-state index contributed by atoms with van der Waals surface area (Å²) in [5, 5.41) is 9.46. The van der Waals surface area contributed by atoms with Crippen LogP contribution in [0.2, 0.25) is 0 Å². The van der Waals surface area contributed by atoms with Crippen LogP contribution in [0, 0.1) is 35.5 Å². The van der Waals surface area contributed by atoms with Gasteiger partial charge in [-0.05, 0) is 81.0 Å². The summed E-state index contributed by atoms with van der Waals surface area (Å²) in [6, 6.07) is 0. The quantitative estimate of drug-likeness (QED) is 0.479. The van der Waals surface area contributed by atoms with E-state index in [9.17, 15) is 14.0 Å². The lowest BCUT2D eigenvalue weighted by molar-refractivity contribution is -0.312. The van der Waals surface area contributed by atoms with Gasteiger partial charge in [-0.15, -0.1) is 0 Å². The van der Waals surface area contributed by atoms with E-state index in [4.69, 9.17) is 4.89 Å². The van der Waals surface area contributed by atoms with E-state index in [0.29, 0.717) is 12.8 Å². The highest BCUT2D eigenvalue weighted by molar-refractivity contribution is 4.93. The van der Waals surface area contributed by atoms with Crippen LogP contribution in [0.15, 0.2) is 0 Å². The predicted octanol–water partition coefficient (Wildman–Crippen LogP) is 6.20. The maximum Gasteiger partial charge on any atom is 0.137 e. The van der Waals surface area contributed by atoms with Gasteiger partial charge in [0.2, 0.25) is 0 Å². The van der Waals surface area contributed by atoms with Crippen LogP contribution >= 0.6 is 0 Å². The molecular formula is C21H36F2O2. The number of hydrogen-bond donors (Lipinski definition) is 1. The number of halogens is 2. The van der Waals surface area contributed by atoms with Gasteiger partial charge in [0.25, 0.3) is 0 Å². The molecule has 0 bridgehead atoms. The summed E-state index contributed by atoms with van der Waals surface area (Å²) in [7, 11) is 0. The maximum absolute atomic E-state index is 14.5. The van der Waals surface area contributed by atoms with Crippen molar-refractivity contribution >= 4 is 0 Å². The van der Waals surface area contributed by atoms with Crippen molar-refractivity contribution < 1.29 is 18.9 Å². The third-order valence-electron chi connectivity index (χ3n) is 7.76. The molecule has 3 rings (SSSR count). The number of hydrogen-bond acceptors (Lipinski definition) is 2. The molecule has 3 aliphatic rings. The van der Waals surface area contributed by atoms with Crippen molar-refractivity contribution in [3.05, 3.63) is 0 Å². The standard InChI is InChI=1S/C21H36F2O2/c1-13-3-6-15(7-4-13)16-8-10-17(11-9-16)21(25-24)18-12-5-14(2)19(22)20(18)23/h13-21,24H,3-12H2,1-2H3/t13?,14-,15?,16?,17?,18?,19?,20?,21?/m1/s1. The van der Waals surface area contributed by atoms with Crippen molar-refractivity contribution in [3.63, 3.8) is 0 Å². The second-order valence-electron chi connectivity index (χ2n) is 9.37. The van der Waals surface area contributed by atoms with E-state index < -0.39 is 24.4 Å². The molecule has 25 heavy (non-hydrogen) atoms. The Morgan fingerprint density at radius 2 is 1.32 bits per heavy atom. The minimum atomic E-state index is -1.50. The Hall–Kier alpha value is -0.220. The largest absolute Gasteiger partial charge is 0.252 e. The third kappa shape index (κ3) is 4.37. The van der Waals surface area contributed by atoms with Crippen LogP contribution in [0.3, 0.4) is 0 Å². The lowest BCUT2D eigenvalue weighted by atomic mass is 9.66. The van der Waals surface area contributed by atoms with Crippen LogP contribution in [0.4, 0.5) is 8.78 Å². The van der Waals surface area contributed by atoms with Crippen molar-refractivity contribution in [1.29, 1.82) is 0 Å². The van der Waals surface area contributed by atoms with Crippen LogP contribution < -0.4 is 0 Å². The monoisotopic (exact) mass is 358 g/mol. The van der Waals surface area contributed by atoms with Gasteiger partial charge < -0.3 is 0 Å². The summed E-state index contributed by atoms with van der Waals surface area (Å²) >= 11 is 0. The zero-order valence-corrected chi connectivity index (χ0v) is 15.9. The third-order valence-corrected chi connectivity index (χ3v) is 7.76. The average Bonchev–Trinajstić information content (AvgIpc) is 2.63. The molecule has 2 nitrogen and oxygen atoms in total. The van der Waals surface area contributed by atoms with E-state index in [2.05, 4.69) is 6.92 Å². The molecule has 1 N–H and O–H groups in total. The molecular weight excluding hydrogens is 322 g/mol. The van der Waals surface area contributed by atoms with Gasteiger partial charge in [0.15, 0.2) is 0 Å². The molecule has 146 valence electrons. The molecule has 4 heteroatoms. The van der Waals surface area contributed by atoms with Gasteiger partial charge >= 0.3 is 0 Å². The Bertz CT molecular complexity index is 403. The zero-order chi connectivity index (χ0) is 18.0. The van der Waals surface area contributed by atoms with Gasteiger partial charge in [0, 0.05) is 5.92 Å². The number of rotatable bonds is 4. The normalized spacial score (nSPS) is 47.4. The molecule has 0 spiro atoms. The van der Waals surface area contributed by atoms with Gasteiger partial charge in [-0.2, -0.15) is 0 Å². The zero-order valence-electron chi connectivity index (χ0n) is 15.9. The lowest BCUT2D eigenvalue weighted by Gasteiger charge is -2.42. The topological polar surface area (TPSA) is 29.5 Å². The van der Waals surface area contributed by atoms with Crippen LogP contribution in [-0.2, 0) is 4.89 Å². The molecule has 0 saturated heterocycles. The Morgan fingerprint density at radius 3 is 1.88 bits per heavy atom. The van der Waals surface area contributed by atoms with E-state index in [0.717, 1.165) is 43.4 Å². The molecule has 0 aromatic heterocycles. The number of alkyl halides is 2. The fraction of sp³-hybridized carbons (Fsp3) is 1.00. The van der Waals surface area contributed by atoms with Gasteiger partial charge in [0.1, 0.15) is 18.4 Å². The molecule has 0 radical (unpaired) electrons. The van der Waals surface area contributed by atoms with Crippen LogP contribution in [-0.4, -0.2) is 23.7 Å². The Morgan fingerprint density at radius 1 is 0.760 bits per heavy atom. The highest BCUT2D eigenvalue weighted by Crippen LogP contribution is 2.45. The first-order valence-electron chi connectivity index (χ1n) is 10.6. The smallest absolute Gasteiger partial charge is 0.137 e. The van der Waals surface area contributed by atoms with E-state index >= 15 is 0 Å². The fourth-order valence-corrected chi connectivity index (χ4v) is 5.89. The van der Waals surface area contributed by atoms with Gasteiger partial charge in [-0.3, -0.25) is 5.26 Å². The van der Waals surface area contributed by atoms with Crippen LogP contribution in [0.5, 0.6) is 0 Å². The Labute approximate surface area is 151 Å². The van der Waals surface area contributed by atoms with E-state index in [-0.39, 0.29) is 11.8 Å². The van der Waals surface area contributed by atoms with Crippen molar-refractivity contribution in [2.24, 2.45) is 35.5 Å². The molecule has 5 atom stereocenters. The lowest BCUT2D eigenvalue weighted by Crippen LogP contribution is -2.46. The second kappa shape index (κ2) is 8.65. The summed E-state index contributed by atoms with van der Waals surface area (Å²) in [6.07, 6.45) is 7.55. The fourth-order valence-electron chi connectivity index (χ4n) is 5.89. The summed E-state index contributed by atoms with van der Waals surface area (Å²) < 4.78 is 28.6. The van der Waals surface area contributed by atoms with Crippen LogP contribution in [0.1, 0.15) is 78.1 Å². The van der Waals surface area contributed by atoms with Crippen molar-refractivity contribution in [1.82, 2.24) is 0 Å². The van der Waals surface area contributed by atoms with Gasteiger partial charge in [0.05, 0.1) is 0 Å². The minimum absolute atomic E-state index is 0.174. The molecule has 0 aromatic carbocycles. The molecule has 3 fully saturated rings. The summed E-state index contributed by atoms with van der Waals surface area (Å²) in [5.74, 6) is 1.97. The van der Waals surface area contributed by atoms with Gasteiger partial charge in [-0.25, -0.2) is 13.7 Å². The summed E-state index contributed by atoms with van der Waals surface area (Å²) in [5.41, 5.74) is 0. The molecule has 0 heterocycles. The maximum atomic E-state index is 14.5. The second-order valence-corrected chi connectivity index (χ2v) is 9.37. The van der Waals surface area contributed by atoms with E-state index in [1.165, 1.54) is 25.7 Å². The summed E-state index contributed by atoms with van der Waals surface area (Å²) in [4.78, 5) is 4.77.